The Morgan fingerprint density at radius 1 is 1.00 bits per heavy atom. The van der Waals surface area contributed by atoms with Crippen LogP contribution in [0, 0.1) is 11.8 Å². The van der Waals surface area contributed by atoms with E-state index in [1.54, 1.807) is 0 Å². The van der Waals surface area contributed by atoms with Gasteiger partial charge in [-0.25, -0.2) is 0 Å². The van der Waals surface area contributed by atoms with Crippen LogP contribution >= 0.6 is 0 Å². The molecule has 0 saturated heterocycles. The normalized spacial score (nSPS) is 29.2. The minimum atomic E-state index is -0.177. The van der Waals surface area contributed by atoms with E-state index < -0.39 is 0 Å². The Balaban J connectivity index is 1.37. The first kappa shape index (κ1) is 17.2. The first-order valence-corrected chi connectivity index (χ1v) is 10.5. The minimum absolute atomic E-state index is 0.121. The van der Waals surface area contributed by atoms with Gasteiger partial charge in [0.2, 0.25) is 0 Å². The van der Waals surface area contributed by atoms with Crippen molar-refractivity contribution >= 4 is 5.78 Å². The second-order valence-corrected chi connectivity index (χ2v) is 8.94. The number of benzene rings is 2. The summed E-state index contributed by atoms with van der Waals surface area (Å²) in [6.45, 7) is 2.48. The van der Waals surface area contributed by atoms with Gasteiger partial charge in [0.05, 0.1) is 11.5 Å². The highest BCUT2D eigenvalue weighted by molar-refractivity contribution is 5.98. The van der Waals surface area contributed by atoms with Gasteiger partial charge < -0.3 is 4.74 Å². The molecule has 0 spiro atoms. The molecule has 140 valence electrons. The van der Waals surface area contributed by atoms with Crippen molar-refractivity contribution in [2.45, 2.75) is 57.0 Å². The van der Waals surface area contributed by atoms with Crippen LogP contribution in [0.3, 0.4) is 0 Å². The molecule has 5 rings (SSSR count). The first-order valence-electron chi connectivity index (χ1n) is 10.5. The number of hydrogen-bond donors (Lipinski definition) is 0. The van der Waals surface area contributed by atoms with E-state index in [4.69, 9.17) is 4.74 Å². The van der Waals surface area contributed by atoms with E-state index in [2.05, 4.69) is 43.3 Å². The summed E-state index contributed by atoms with van der Waals surface area (Å²) in [6.07, 6.45) is 7.63. The summed E-state index contributed by atoms with van der Waals surface area (Å²) >= 11 is 0. The number of rotatable bonds is 4. The summed E-state index contributed by atoms with van der Waals surface area (Å²) in [5.74, 6) is 1.54. The fraction of sp³-hybridized carbons (Fsp3) is 0.480. The number of Topliss-reactive ketones (excluding diaryl/α,β-unsaturated/α-hetero) is 1. The lowest BCUT2D eigenvalue weighted by Gasteiger charge is -2.47. The highest BCUT2D eigenvalue weighted by atomic mass is 16.5. The minimum Gasteiger partial charge on any atom is -0.367 e. The molecule has 2 bridgehead atoms. The Labute approximate surface area is 161 Å². The summed E-state index contributed by atoms with van der Waals surface area (Å²) < 4.78 is 6.41. The standard InChI is InChI=1S/C25H28O2/c1-25(14-13-17-7-6-8-18(25)15-17)27-16-23(26)24-21-11-4-2-9-19(21)20-10-3-5-12-22(20)24/h2-5,9-12,17-18,24H,6-8,13-16H2,1H3/t17-,18-,25+/m1/s1. The maximum Gasteiger partial charge on any atom is 0.170 e. The summed E-state index contributed by atoms with van der Waals surface area (Å²) in [5, 5.41) is 0. The van der Waals surface area contributed by atoms with E-state index in [0.29, 0.717) is 5.92 Å². The average molecular weight is 360 g/mol. The molecule has 2 fully saturated rings. The van der Waals surface area contributed by atoms with Crippen molar-refractivity contribution < 1.29 is 9.53 Å². The zero-order valence-corrected chi connectivity index (χ0v) is 16.1. The summed E-state index contributed by atoms with van der Waals surface area (Å²) in [7, 11) is 0. The Morgan fingerprint density at radius 2 is 1.67 bits per heavy atom. The van der Waals surface area contributed by atoms with Crippen LogP contribution in [0.5, 0.6) is 0 Å². The van der Waals surface area contributed by atoms with E-state index in [1.807, 2.05) is 12.1 Å². The number of ketones is 1. The fourth-order valence-electron chi connectivity index (χ4n) is 5.81. The molecule has 3 atom stereocenters. The van der Waals surface area contributed by atoms with Crippen molar-refractivity contribution in [3.8, 4) is 11.1 Å². The Morgan fingerprint density at radius 3 is 2.37 bits per heavy atom. The zero-order chi connectivity index (χ0) is 18.4. The van der Waals surface area contributed by atoms with Crippen LogP contribution in [0.1, 0.15) is 62.5 Å². The van der Waals surface area contributed by atoms with Crippen LogP contribution in [0.2, 0.25) is 0 Å². The molecule has 0 N–H and O–H groups in total. The molecule has 0 heterocycles. The lowest BCUT2D eigenvalue weighted by atomic mass is 9.65. The molecular weight excluding hydrogens is 332 g/mol. The quantitative estimate of drug-likeness (QED) is 0.694. The van der Waals surface area contributed by atoms with Gasteiger partial charge in [-0.15, -0.1) is 0 Å². The van der Waals surface area contributed by atoms with Crippen molar-refractivity contribution in [2.75, 3.05) is 6.61 Å². The van der Waals surface area contributed by atoms with Gasteiger partial charge in [0.25, 0.3) is 0 Å². The van der Waals surface area contributed by atoms with Crippen molar-refractivity contribution in [1.82, 2.24) is 0 Å². The van der Waals surface area contributed by atoms with Gasteiger partial charge in [-0.3, -0.25) is 4.79 Å². The number of carbonyl (C=O) groups is 1. The number of hydrogen-bond acceptors (Lipinski definition) is 2. The average Bonchev–Trinajstić information content (AvgIpc) is 3.05. The number of ether oxygens (including phenoxy) is 1. The molecule has 3 aliphatic carbocycles. The maximum atomic E-state index is 13.3. The summed E-state index contributed by atoms with van der Waals surface area (Å²) in [5.41, 5.74) is 4.55. The topological polar surface area (TPSA) is 26.3 Å². The maximum absolute atomic E-state index is 13.3. The van der Waals surface area contributed by atoms with Crippen LogP contribution < -0.4 is 0 Å². The predicted molar refractivity (Wildman–Crippen MR) is 108 cm³/mol. The second-order valence-electron chi connectivity index (χ2n) is 8.94. The molecule has 2 heteroatoms. The third-order valence-electron chi connectivity index (χ3n) is 7.40. The Hall–Kier alpha value is -1.93. The largest absolute Gasteiger partial charge is 0.367 e. The highest BCUT2D eigenvalue weighted by Crippen LogP contribution is 2.48. The molecular formula is C25H28O2. The number of carbonyl (C=O) groups excluding carboxylic acids is 1. The smallest absolute Gasteiger partial charge is 0.170 e. The van der Waals surface area contributed by atoms with E-state index in [1.165, 1.54) is 43.2 Å². The second kappa shape index (κ2) is 6.60. The molecule has 3 aliphatic rings. The van der Waals surface area contributed by atoms with Gasteiger partial charge in [0.1, 0.15) is 6.61 Å². The molecule has 0 radical (unpaired) electrons. The van der Waals surface area contributed by atoms with Gasteiger partial charge in [-0.05, 0) is 66.7 Å². The van der Waals surface area contributed by atoms with Gasteiger partial charge in [-0.2, -0.15) is 0 Å². The highest BCUT2D eigenvalue weighted by Gasteiger charge is 2.43. The fourth-order valence-corrected chi connectivity index (χ4v) is 5.81. The lowest BCUT2D eigenvalue weighted by Crippen LogP contribution is -2.45. The molecule has 0 aliphatic heterocycles. The van der Waals surface area contributed by atoms with Gasteiger partial charge >= 0.3 is 0 Å². The van der Waals surface area contributed by atoms with Crippen molar-refractivity contribution in [1.29, 1.82) is 0 Å². The number of fused-ring (bicyclic) bond motifs is 5. The summed E-state index contributed by atoms with van der Waals surface area (Å²) in [4.78, 5) is 13.3. The van der Waals surface area contributed by atoms with Crippen LogP contribution in [0.15, 0.2) is 48.5 Å². The van der Waals surface area contributed by atoms with Crippen LogP contribution in [0.25, 0.3) is 11.1 Å². The van der Waals surface area contributed by atoms with Crippen molar-refractivity contribution in [2.24, 2.45) is 11.8 Å². The van der Waals surface area contributed by atoms with Gasteiger partial charge in [0.15, 0.2) is 5.78 Å². The van der Waals surface area contributed by atoms with Crippen molar-refractivity contribution in [3.63, 3.8) is 0 Å². The predicted octanol–water partition coefficient (Wildman–Crippen LogP) is 5.74. The molecule has 0 unspecified atom stereocenters. The molecule has 0 aromatic heterocycles. The SMILES string of the molecule is C[C@]1(OCC(=O)C2c3ccccc3-c3ccccc32)CC[C@H]2CCC[C@@H]1C2. The van der Waals surface area contributed by atoms with E-state index >= 15 is 0 Å². The van der Waals surface area contributed by atoms with E-state index in [-0.39, 0.29) is 23.9 Å². The third-order valence-corrected chi connectivity index (χ3v) is 7.40. The zero-order valence-electron chi connectivity index (χ0n) is 16.1. The van der Waals surface area contributed by atoms with E-state index in [0.717, 1.165) is 23.5 Å². The Bertz CT molecular complexity index is 825. The lowest BCUT2D eigenvalue weighted by molar-refractivity contribution is -0.144. The van der Waals surface area contributed by atoms with E-state index in [9.17, 15) is 4.79 Å². The molecule has 2 aromatic carbocycles. The molecule has 0 amide bonds. The van der Waals surface area contributed by atoms with Crippen LogP contribution in [-0.2, 0) is 9.53 Å². The first-order chi connectivity index (χ1) is 13.2. The van der Waals surface area contributed by atoms with Crippen LogP contribution in [0.4, 0.5) is 0 Å². The third kappa shape index (κ3) is 2.86. The molecule has 2 nitrogen and oxygen atoms in total. The van der Waals surface area contributed by atoms with Crippen LogP contribution in [-0.4, -0.2) is 18.0 Å². The Kier molecular flexibility index (Phi) is 4.20. The molecule has 2 aromatic rings. The van der Waals surface area contributed by atoms with Crippen molar-refractivity contribution in [3.05, 3.63) is 59.7 Å². The monoisotopic (exact) mass is 360 g/mol. The van der Waals surface area contributed by atoms with Gasteiger partial charge in [0, 0.05) is 0 Å². The van der Waals surface area contributed by atoms with Gasteiger partial charge in [-0.1, -0.05) is 61.4 Å². The summed E-state index contributed by atoms with van der Waals surface area (Å²) in [6, 6.07) is 16.7. The molecule has 2 saturated carbocycles. The molecule has 27 heavy (non-hydrogen) atoms.